The van der Waals surface area contributed by atoms with E-state index < -0.39 is 0 Å². The molecule has 31 heavy (non-hydrogen) atoms. The molecule has 1 aromatic heterocycles. The lowest BCUT2D eigenvalue weighted by molar-refractivity contribution is -0.131. The summed E-state index contributed by atoms with van der Waals surface area (Å²) in [7, 11) is 0. The second kappa shape index (κ2) is 9.35. The van der Waals surface area contributed by atoms with Crippen LogP contribution in [0.5, 0.6) is 5.75 Å². The van der Waals surface area contributed by atoms with Crippen LogP contribution < -0.4 is 9.64 Å². The number of rotatable bonds is 5. The second-order valence-corrected chi connectivity index (χ2v) is 8.83. The van der Waals surface area contributed by atoms with Crippen LogP contribution in [-0.2, 0) is 29.1 Å². The summed E-state index contributed by atoms with van der Waals surface area (Å²) in [6.45, 7) is 5.63. The Morgan fingerprint density at radius 3 is 2.65 bits per heavy atom. The van der Waals surface area contributed by atoms with Gasteiger partial charge in [-0.3, -0.25) is 9.59 Å². The van der Waals surface area contributed by atoms with E-state index in [2.05, 4.69) is 6.07 Å². The maximum atomic E-state index is 12.8. The van der Waals surface area contributed by atoms with E-state index in [-0.39, 0.29) is 11.8 Å². The van der Waals surface area contributed by atoms with Gasteiger partial charge in [0.05, 0.1) is 19.5 Å². The third-order valence-electron chi connectivity index (χ3n) is 5.43. The molecule has 0 spiro atoms. The Hall–Kier alpha value is -3.12. The smallest absolute Gasteiger partial charge is 0.228 e. The summed E-state index contributed by atoms with van der Waals surface area (Å²) in [5.41, 5.74) is 4.01. The van der Waals surface area contributed by atoms with Crippen molar-refractivity contribution in [1.29, 1.82) is 0 Å². The lowest BCUT2D eigenvalue weighted by Gasteiger charge is -2.23. The van der Waals surface area contributed by atoms with E-state index in [9.17, 15) is 9.59 Å². The van der Waals surface area contributed by atoms with Crippen molar-refractivity contribution in [1.82, 2.24) is 4.90 Å². The summed E-state index contributed by atoms with van der Waals surface area (Å²) < 4.78 is 5.90. The van der Waals surface area contributed by atoms with Gasteiger partial charge in [-0.1, -0.05) is 29.8 Å². The second-order valence-electron chi connectivity index (χ2n) is 7.80. The van der Waals surface area contributed by atoms with Gasteiger partial charge >= 0.3 is 0 Å². The molecule has 0 unspecified atom stereocenters. The molecule has 2 amide bonds. The molecule has 0 atom stereocenters. The molecule has 0 aliphatic carbocycles. The van der Waals surface area contributed by atoms with Crippen molar-refractivity contribution in [3.63, 3.8) is 0 Å². The van der Waals surface area contributed by atoms with Gasteiger partial charge in [0.25, 0.3) is 0 Å². The van der Waals surface area contributed by atoms with Crippen LogP contribution >= 0.6 is 11.3 Å². The van der Waals surface area contributed by atoms with Gasteiger partial charge in [0.1, 0.15) is 12.4 Å². The average molecular weight is 435 g/mol. The van der Waals surface area contributed by atoms with Gasteiger partial charge < -0.3 is 14.5 Å². The Morgan fingerprint density at radius 1 is 1.13 bits per heavy atom. The Labute approximate surface area is 186 Å². The van der Waals surface area contributed by atoms with Crippen molar-refractivity contribution in [2.75, 3.05) is 18.1 Å². The number of ether oxygens (including phenoxy) is 1. The largest absolute Gasteiger partial charge is 0.491 e. The molecule has 0 saturated heterocycles. The number of hydrogen-bond acceptors (Lipinski definition) is 4. The summed E-state index contributed by atoms with van der Waals surface area (Å²) in [4.78, 5) is 29.8. The minimum atomic E-state index is -0.0113. The van der Waals surface area contributed by atoms with E-state index in [0.717, 1.165) is 33.0 Å². The van der Waals surface area contributed by atoms with Crippen LogP contribution in [0.4, 0.5) is 5.69 Å². The Kier molecular flexibility index (Phi) is 6.37. The maximum Gasteiger partial charge on any atom is 0.228 e. The standard InChI is InChI=1S/C25H26N2O3S/c1-18-5-8-22(9-6-18)27(19(2)28)16-20-7-10-24-21(14-20)17-26(11-12-30-24)25(29)15-23-4-3-13-31-23/h3-10,13-14H,11-12,15-17H2,1-2H3. The van der Waals surface area contributed by atoms with Gasteiger partial charge in [-0.25, -0.2) is 0 Å². The molecule has 3 aromatic rings. The fourth-order valence-corrected chi connectivity index (χ4v) is 4.42. The molecule has 0 fully saturated rings. The Balaban J connectivity index is 1.52. The molecule has 0 radical (unpaired) electrons. The number of hydrogen-bond donors (Lipinski definition) is 0. The molecule has 1 aliphatic rings. The summed E-state index contributed by atoms with van der Waals surface area (Å²) in [5, 5.41) is 1.99. The summed E-state index contributed by atoms with van der Waals surface area (Å²) >= 11 is 1.60. The van der Waals surface area contributed by atoms with E-state index in [0.29, 0.717) is 32.7 Å². The summed E-state index contributed by atoms with van der Waals surface area (Å²) in [6.07, 6.45) is 0.415. The van der Waals surface area contributed by atoms with Gasteiger partial charge in [-0.15, -0.1) is 11.3 Å². The van der Waals surface area contributed by atoms with Crippen molar-refractivity contribution < 1.29 is 14.3 Å². The van der Waals surface area contributed by atoms with Crippen molar-refractivity contribution in [2.45, 2.75) is 33.4 Å². The Bertz CT molecular complexity index is 1060. The number of nitrogens with zero attached hydrogens (tertiary/aromatic N) is 2. The predicted octanol–water partition coefficient (Wildman–Crippen LogP) is 4.57. The quantitative estimate of drug-likeness (QED) is 0.591. The number of aryl methyl sites for hydroxylation is 1. The van der Waals surface area contributed by atoms with Gasteiger partial charge in [0.15, 0.2) is 0 Å². The van der Waals surface area contributed by atoms with Gasteiger partial charge in [0.2, 0.25) is 11.8 Å². The zero-order valence-electron chi connectivity index (χ0n) is 17.8. The highest BCUT2D eigenvalue weighted by Gasteiger charge is 2.21. The molecule has 2 aromatic carbocycles. The van der Waals surface area contributed by atoms with Crippen molar-refractivity contribution in [3.05, 3.63) is 81.5 Å². The first-order valence-electron chi connectivity index (χ1n) is 10.4. The van der Waals surface area contributed by atoms with Crippen molar-refractivity contribution in [3.8, 4) is 5.75 Å². The number of carbonyl (C=O) groups excluding carboxylic acids is 2. The van der Waals surface area contributed by atoms with E-state index in [1.165, 1.54) is 0 Å². The fourth-order valence-electron chi connectivity index (χ4n) is 3.72. The first-order valence-corrected chi connectivity index (χ1v) is 11.3. The highest BCUT2D eigenvalue weighted by Crippen LogP contribution is 2.27. The summed E-state index contributed by atoms with van der Waals surface area (Å²) in [5.74, 6) is 0.900. The lowest BCUT2D eigenvalue weighted by Crippen LogP contribution is -2.33. The number of carbonyl (C=O) groups is 2. The molecule has 4 rings (SSSR count). The predicted molar refractivity (Wildman–Crippen MR) is 123 cm³/mol. The molecule has 2 heterocycles. The van der Waals surface area contributed by atoms with E-state index in [4.69, 9.17) is 4.74 Å². The van der Waals surface area contributed by atoms with E-state index in [1.807, 2.05) is 65.7 Å². The Morgan fingerprint density at radius 2 is 1.94 bits per heavy atom. The van der Waals surface area contributed by atoms with Gasteiger partial charge in [-0.2, -0.15) is 0 Å². The number of amides is 2. The van der Waals surface area contributed by atoms with Gasteiger partial charge in [0, 0.05) is 29.6 Å². The van der Waals surface area contributed by atoms with Crippen molar-refractivity contribution in [2.24, 2.45) is 0 Å². The normalized spacial score (nSPS) is 13.2. The molecule has 0 saturated carbocycles. The average Bonchev–Trinajstić information content (AvgIpc) is 3.16. The lowest BCUT2D eigenvalue weighted by atomic mass is 10.1. The number of anilines is 1. The van der Waals surface area contributed by atoms with E-state index >= 15 is 0 Å². The van der Waals surface area contributed by atoms with Crippen LogP contribution in [0.1, 0.15) is 28.5 Å². The van der Waals surface area contributed by atoms with Crippen LogP contribution in [-0.4, -0.2) is 29.9 Å². The SMILES string of the molecule is CC(=O)N(Cc1ccc2c(c1)CN(C(=O)Cc1cccs1)CCO2)c1ccc(C)cc1. The number of benzene rings is 2. The topological polar surface area (TPSA) is 49.9 Å². The highest BCUT2D eigenvalue weighted by molar-refractivity contribution is 7.10. The third-order valence-corrected chi connectivity index (χ3v) is 6.31. The molecular formula is C25H26N2O3S. The van der Waals surface area contributed by atoms with Crippen LogP contribution in [0.2, 0.25) is 0 Å². The fraction of sp³-hybridized carbons (Fsp3) is 0.280. The van der Waals surface area contributed by atoms with Gasteiger partial charge in [-0.05, 0) is 48.2 Å². The van der Waals surface area contributed by atoms with Crippen molar-refractivity contribution >= 4 is 28.8 Å². The molecule has 0 N–H and O–H groups in total. The zero-order valence-corrected chi connectivity index (χ0v) is 18.7. The first-order chi connectivity index (χ1) is 15.0. The minimum Gasteiger partial charge on any atom is -0.491 e. The monoisotopic (exact) mass is 434 g/mol. The molecule has 6 heteroatoms. The zero-order chi connectivity index (χ0) is 21.8. The molecular weight excluding hydrogens is 408 g/mol. The molecule has 0 bridgehead atoms. The number of thiophene rings is 1. The molecule has 5 nitrogen and oxygen atoms in total. The first kappa shape index (κ1) is 21.1. The van der Waals surface area contributed by atoms with Crippen LogP contribution in [0.15, 0.2) is 60.0 Å². The maximum absolute atomic E-state index is 12.8. The van der Waals surface area contributed by atoms with Crippen LogP contribution in [0.3, 0.4) is 0 Å². The van der Waals surface area contributed by atoms with E-state index in [1.54, 1.807) is 23.2 Å². The molecule has 1 aliphatic heterocycles. The van der Waals surface area contributed by atoms with Crippen LogP contribution in [0.25, 0.3) is 0 Å². The third kappa shape index (κ3) is 5.14. The summed E-state index contributed by atoms with van der Waals surface area (Å²) in [6, 6.07) is 17.9. The number of fused-ring (bicyclic) bond motifs is 1. The highest BCUT2D eigenvalue weighted by atomic mass is 32.1. The van der Waals surface area contributed by atoms with Crippen LogP contribution in [0, 0.1) is 6.92 Å². The molecule has 160 valence electrons. The minimum absolute atomic E-state index is 0.0113.